The fourth-order valence-corrected chi connectivity index (χ4v) is 2.93. The van der Waals surface area contributed by atoms with Crippen molar-refractivity contribution in [3.63, 3.8) is 0 Å². The lowest BCUT2D eigenvalue weighted by Gasteiger charge is -2.23. The molecule has 3 heteroatoms. The van der Waals surface area contributed by atoms with Gasteiger partial charge in [-0.15, -0.1) is 0 Å². The third-order valence-electron chi connectivity index (χ3n) is 3.58. The Balaban J connectivity index is 2.05. The molecule has 3 nitrogen and oxygen atoms in total. The largest absolute Gasteiger partial charge is 0.481 e. The monoisotopic (exact) mass is 247 g/mol. The first-order valence-electron chi connectivity index (χ1n) is 6.57. The maximum atomic E-state index is 10.8. The van der Waals surface area contributed by atoms with E-state index in [1.807, 2.05) is 0 Å². The Morgan fingerprint density at radius 3 is 2.61 bits per heavy atom. The van der Waals surface area contributed by atoms with Gasteiger partial charge in [0.25, 0.3) is 0 Å². The standard InChI is InChI=1S/C15H21NO2/c1-11-6-12(2)8-13(7-11)10-16-5-3-4-14(16)9-15(17)18/h6-8,14H,3-5,9-10H2,1-2H3,(H,17,18). The van der Waals surface area contributed by atoms with Gasteiger partial charge < -0.3 is 5.11 Å². The van der Waals surface area contributed by atoms with E-state index in [1.54, 1.807) is 0 Å². The van der Waals surface area contributed by atoms with Gasteiger partial charge in [0.15, 0.2) is 0 Å². The number of likely N-dealkylation sites (tertiary alicyclic amines) is 1. The van der Waals surface area contributed by atoms with Crippen LogP contribution in [0.3, 0.4) is 0 Å². The first-order chi connectivity index (χ1) is 8.54. The number of aliphatic carboxylic acids is 1. The molecule has 0 aromatic heterocycles. The van der Waals surface area contributed by atoms with Gasteiger partial charge >= 0.3 is 5.97 Å². The zero-order chi connectivity index (χ0) is 13.1. The quantitative estimate of drug-likeness (QED) is 0.889. The van der Waals surface area contributed by atoms with E-state index >= 15 is 0 Å². The minimum Gasteiger partial charge on any atom is -0.481 e. The lowest BCUT2D eigenvalue weighted by molar-refractivity contribution is -0.138. The van der Waals surface area contributed by atoms with Crippen molar-refractivity contribution in [1.82, 2.24) is 4.90 Å². The number of carboxylic acids is 1. The fraction of sp³-hybridized carbons (Fsp3) is 0.533. The SMILES string of the molecule is Cc1cc(C)cc(CN2CCCC2CC(=O)O)c1. The summed E-state index contributed by atoms with van der Waals surface area (Å²) in [6.07, 6.45) is 2.39. The number of aryl methyl sites for hydroxylation is 2. The number of carboxylic acid groups (broad SMARTS) is 1. The van der Waals surface area contributed by atoms with Crippen molar-refractivity contribution in [2.24, 2.45) is 0 Å². The molecule has 0 radical (unpaired) electrons. The summed E-state index contributed by atoms with van der Waals surface area (Å²) < 4.78 is 0. The number of hydrogen-bond acceptors (Lipinski definition) is 2. The van der Waals surface area contributed by atoms with Crippen molar-refractivity contribution >= 4 is 5.97 Å². The highest BCUT2D eigenvalue weighted by Crippen LogP contribution is 2.23. The summed E-state index contributed by atoms with van der Waals surface area (Å²) in [7, 11) is 0. The molecule has 0 bridgehead atoms. The number of nitrogens with zero attached hydrogens (tertiary/aromatic N) is 1. The molecule has 1 saturated heterocycles. The van der Waals surface area contributed by atoms with E-state index in [0.29, 0.717) is 0 Å². The smallest absolute Gasteiger partial charge is 0.304 e. The molecule has 2 rings (SSSR count). The van der Waals surface area contributed by atoms with Crippen LogP contribution in [0.5, 0.6) is 0 Å². The Morgan fingerprint density at radius 1 is 1.33 bits per heavy atom. The molecule has 1 aromatic rings. The predicted octanol–water partition coefficient (Wildman–Crippen LogP) is 2.74. The maximum Gasteiger partial charge on any atom is 0.304 e. The second kappa shape index (κ2) is 5.53. The summed E-state index contributed by atoms with van der Waals surface area (Å²) in [4.78, 5) is 13.1. The molecule has 1 aromatic carbocycles. The first-order valence-corrected chi connectivity index (χ1v) is 6.57. The first kappa shape index (κ1) is 13.1. The van der Waals surface area contributed by atoms with E-state index < -0.39 is 5.97 Å². The van der Waals surface area contributed by atoms with Crippen LogP contribution in [0, 0.1) is 13.8 Å². The summed E-state index contributed by atoms with van der Waals surface area (Å²) in [5.41, 5.74) is 3.85. The molecular weight excluding hydrogens is 226 g/mol. The average Bonchev–Trinajstić information content (AvgIpc) is 2.63. The lowest BCUT2D eigenvalue weighted by Crippen LogP contribution is -2.30. The Kier molecular flexibility index (Phi) is 4.02. The summed E-state index contributed by atoms with van der Waals surface area (Å²) in [6, 6.07) is 6.78. The van der Waals surface area contributed by atoms with Crippen molar-refractivity contribution in [2.75, 3.05) is 6.54 Å². The van der Waals surface area contributed by atoms with Gasteiger partial charge in [0.1, 0.15) is 0 Å². The van der Waals surface area contributed by atoms with E-state index in [1.165, 1.54) is 16.7 Å². The van der Waals surface area contributed by atoms with Crippen molar-refractivity contribution in [3.05, 3.63) is 34.9 Å². The van der Waals surface area contributed by atoms with Gasteiger partial charge in [-0.2, -0.15) is 0 Å². The summed E-state index contributed by atoms with van der Waals surface area (Å²) in [6.45, 7) is 6.11. The summed E-state index contributed by atoms with van der Waals surface area (Å²) >= 11 is 0. The maximum absolute atomic E-state index is 10.8. The molecule has 18 heavy (non-hydrogen) atoms. The molecule has 1 unspecified atom stereocenters. The Bertz CT molecular complexity index is 422. The highest BCUT2D eigenvalue weighted by atomic mass is 16.4. The molecular formula is C15H21NO2. The Morgan fingerprint density at radius 2 is 2.00 bits per heavy atom. The van der Waals surface area contributed by atoms with E-state index in [-0.39, 0.29) is 12.5 Å². The molecule has 1 N–H and O–H groups in total. The zero-order valence-corrected chi connectivity index (χ0v) is 11.1. The van der Waals surface area contributed by atoms with Crippen LogP contribution in [0.25, 0.3) is 0 Å². The molecule has 1 heterocycles. The van der Waals surface area contributed by atoms with E-state index in [9.17, 15) is 4.79 Å². The highest BCUT2D eigenvalue weighted by molar-refractivity contribution is 5.67. The molecule has 0 saturated carbocycles. The van der Waals surface area contributed by atoms with Crippen LogP contribution in [0.15, 0.2) is 18.2 Å². The van der Waals surface area contributed by atoms with Crippen molar-refractivity contribution in [3.8, 4) is 0 Å². The minimum absolute atomic E-state index is 0.211. The Labute approximate surface area is 108 Å². The van der Waals surface area contributed by atoms with Gasteiger partial charge in [-0.25, -0.2) is 0 Å². The number of carbonyl (C=O) groups is 1. The summed E-state index contributed by atoms with van der Waals surface area (Å²) in [5.74, 6) is -0.688. The lowest BCUT2D eigenvalue weighted by atomic mass is 10.1. The molecule has 0 aliphatic carbocycles. The van der Waals surface area contributed by atoms with Crippen LogP contribution in [-0.2, 0) is 11.3 Å². The van der Waals surface area contributed by atoms with Crippen LogP contribution in [0.4, 0.5) is 0 Å². The van der Waals surface area contributed by atoms with E-state index in [2.05, 4.69) is 36.9 Å². The summed E-state index contributed by atoms with van der Waals surface area (Å²) in [5, 5.41) is 8.92. The molecule has 1 aliphatic heterocycles. The molecule has 1 aliphatic rings. The second-order valence-corrected chi connectivity index (χ2v) is 5.36. The van der Waals surface area contributed by atoms with Gasteiger partial charge in [0.05, 0.1) is 6.42 Å². The van der Waals surface area contributed by atoms with Gasteiger partial charge in [0.2, 0.25) is 0 Å². The molecule has 0 amide bonds. The molecule has 0 spiro atoms. The average molecular weight is 247 g/mol. The topological polar surface area (TPSA) is 40.5 Å². The van der Waals surface area contributed by atoms with Crippen molar-refractivity contribution < 1.29 is 9.90 Å². The van der Waals surface area contributed by atoms with Crippen LogP contribution in [-0.4, -0.2) is 28.6 Å². The van der Waals surface area contributed by atoms with Crippen LogP contribution >= 0.6 is 0 Å². The fourth-order valence-electron chi connectivity index (χ4n) is 2.93. The van der Waals surface area contributed by atoms with Gasteiger partial charge in [0, 0.05) is 12.6 Å². The second-order valence-electron chi connectivity index (χ2n) is 5.36. The third-order valence-corrected chi connectivity index (χ3v) is 3.58. The van der Waals surface area contributed by atoms with Crippen molar-refractivity contribution in [1.29, 1.82) is 0 Å². The highest BCUT2D eigenvalue weighted by Gasteiger charge is 2.26. The van der Waals surface area contributed by atoms with Crippen LogP contribution in [0.2, 0.25) is 0 Å². The van der Waals surface area contributed by atoms with Gasteiger partial charge in [-0.05, 0) is 38.8 Å². The normalized spacial score (nSPS) is 20.2. The third kappa shape index (κ3) is 3.33. The van der Waals surface area contributed by atoms with Crippen molar-refractivity contribution in [2.45, 2.75) is 45.7 Å². The predicted molar refractivity (Wildman–Crippen MR) is 71.6 cm³/mol. The van der Waals surface area contributed by atoms with Crippen LogP contribution < -0.4 is 0 Å². The molecule has 1 atom stereocenters. The number of hydrogen-bond donors (Lipinski definition) is 1. The van der Waals surface area contributed by atoms with E-state index in [0.717, 1.165) is 25.9 Å². The van der Waals surface area contributed by atoms with E-state index in [4.69, 9.17) is 5.11 Å². The van der Waals surface area contributed by atoms with Gasteiger partial charge in [-0.1, -0.05) is 29.3 Å². The van der Waals surface area contributed by atoms with Crippen LogP contribution in [0.1, 0.15) is 36.0 Å². The number of rotatable bonds is 4. The van der Waals surface area contributed by atoms with Gasteiger partial charge in [-0.3, -0.25) is 9.69 Å². The minimum atomic E-state index is -0.688. The zero-order valence-electron chi connectivity index (χ0n) is 11.1. The molecule has 1 fully saturated rings. The number of benzene rings is 1. The Hall–Kier alpha value is -1.35. The molecule has 98 valence electrons.